The number of carbonyl (C=O) groups is 7. The summed E-state index contributed by atoms with van der Waals surface area (Å²) < 4.78 is 54.7. The molecule has 0 atom stereocenters. The number of ether oxygens (including phenoxy) is 4. The van der Waals surface area contributed by atoms with Gasteiger partial charge in [-0.15, -0.1) is 0 Å². The highest BCUT2D eigenvalue weighted by Gasteiger charge is 2.38. The normalized spacial score (nSPS) is 13.8. The zero-order valence-electron chi connectivity index (χ0n) is 58.9. The molecule has 107 heavy (non-hydrogen) atoms. The van der Waals surface area contributed by atoms with Gasteiger partial charge in [0.25, 0.3) is 17.7 Å². The van der Waals surface area contributed by atoms with E-state index in [1.165, 1.54) is 18.5 Å². The van der Waals surface area contributed by atoms with Crippen LogP contribution < -0.4 is 36.7 Å². The highest BCUT2D eigenvalue weighted by molar-refractivity contribution is 6.66. The van der Waals surface area contributed by atoms with Gasteiger partial charge in [0.1, 0.15) is 57.6 Å². The van der Waals surface area contributed by atoms with E-state index in [0.29, 0.717) is 96.5 Å². The van der Waals surface area contributed by atoms with E-state index < -0.39 is 40.7 Å². The molecule has 9 aromatic rings. The van der Waals surface area contributed by atoms with Crippen molar-refractivity contribution >= 4 is 52.5 Å². The van der Waals surface area contributed by atoms with Gasteiger partial charge in [0.05, 0.1) is 33.8 Å². The van der Waals surface area contributed by atoms with Gasteiger partial charge in [-0.3, -0.25) is 24.0 Å². The highest BCUT2D eigenvalue weighted by atomic mass is 35.5. The van der Waals surface area contributed by atoms with Crippen LogP contribution in [0.25, 0.3) is 33.8 Å². The minimum absolute atomic E-state index is 0.0630. The molecule has 8 N–H and O–H groups in total. The third kappa shape index (κ3) is 24.4. The lowest BCUT2D eigenvalue weighted by molar-refractivity contribution is -0.192. The number of hydrogen-bond donors (Lipinski definition) is 5. The summed E-state index contributed by atoms with van der Waals surface area (Å²) in [6.45, 7) is 16.4. The Bertz CT molecular complexity index is 4520. The van der Waals surface area contributed by atoms with Crippen LogP contribution in [0.4, 0.5) is 18.0 Å². The van der Waals surface area contributed by atoms with E-state index in [9.17, 15) is 41.9 Å². The summed E-state index contributed by atoms with van der Waals surface area (Å²) in [5.74, 6) is 2.30. The maximum absolute atomic E-state index is 12.4. The second kappa shape index (κ2) is 38.5. The Morgan fingerprint density at radius 1 is 0.477 bits per heavy atom. The molecule has 0 unspecified atom stereocenters. The fourth-order valence-electron chi connectivity index (χ4n) is 11.1. The molecule has 24 nitrogen and oxygen atoms in total. The molecular formula is C79H80ClF3N12O12. The van der Waals surface area contributed by atoms with Crippen molar-refractivity contribution < 1.29 is 70.8 Å². The van der Waals surface area contributed by atoms with Crippen molar-refractivity contribution in [2.45, 2.75) is 88.8 Å². The number of nitrogens with one attached hydrogen (secondary N) is 1. The maximum atomic E-state index is 12.4. The number of nitrogens with zero attached hydrogens (tertiary/aromatic N) is 8. The van der Waals surface area contributed by atoms with Crippen molar-refractivity contribution in [3.63, 3.8) is 0 Å². The van der Waals surface area contributed by atoms with E-state index >= 15 is 0 Å². The first-order valence-corrected chi connectivity index (χ1v) is 34.3. The maximum Gasteiger partial charge on any atom is 0.490 e. The molecule has 3 aromatic heterocycles. The number of halogens is 4. The molecule has 3 fully saturated rings. The van der Waals surface area contributed by atoms with Gasteiger partial charge in [0.15, 0.2) is 0 Å². The van der Waals surface area contributed by atoms with E-state index in [-0.39, 0.29) is 35.0 Å². The van der Waals surface area contributed by atoms with Crippen LogP contribution in [-0.2, 0) is 19.1 Å². The summed E-state index contributed by atoms with van der Waals surface area (Å²) >= 11 is 4.71. The number of piperidine rings is 3. The third-order valence-electron chi connectivity index (χ3n) is 16.5. The molecule has 3 aliphatic rings. The number of alkyl halides is 3. The minimum Gasteiger partial charge on any atom is -0.475 e. The lowest BCUT2D eigenvalue weighted by atomic mass is 9.95. The standard InChI is InChI=1S/C27H30N4O4.C25H24N4O3.C22H22N4O2.C3H3ClO.C2HF3O2/c1-27(2,3)35-26(33)31-15-13-19(14-16-31)25-29-17-22(24(28)32)23(30-25)18-9-11-21(12-10-18)34-20-7-5-4-6-8-20;1-2-22(30)29-14-12-18(13-15-29)25-27-16-21(24(26)31)23(28-25)17-8-10-20(11-9-17)32-19-6-4-3-5-7-19;23-21(27)19-14-25-22(16-10-12-24-13-11-16)26-20(19)15-6-8-18(9-7-15)28-17-4-2-1-3-5-17;1-2-3(4)5;3-2(4,5)1(6)7/h4-12,17,19H,13-16H2,1-3H3,(H2,28,32);2-11,16,18H,1,12-15H2,(H2,26,31);1-9,14,16,24H,10-13H2,(H2,23,27);2H,1H2;(H,6,7). The topological polar surface area (TPSA) is 351 Å². The smallest absolute Gasteiger partial charge is 0.475 e. The number of primary amides is 3. The number of nitrogens with two attached hydrogens (primary N) is 3. The van der Waals surface area contributed by atoms with E-state index in [4.69, 9.17) is 72.6 Å². The number of aliphatic carboxylic acids is 1. The second-order valence-corrected chi connectivity index (χ2v) is 25.6. The summed E-state index contributed by atoms with van der Waals surface area (Å²) in [6.07, 6.45) is 6.41. The number of carboxylic acid groups (broad SMARTS) is 1. The van der Waals surface area contributed by atoms with Gasteiger partial charge in [-0.1, -0.05) is 67.8 Å². The number of para-hydroxylation sites is 3. The Morgan fingerprint density at radius 3 is 1.02 bits per heavy atom. The molecule has 0 radical (unpaired) electrons. The van der Waals surface area contributed by atoms with E-state index in [1.54, 1.807) is 16.0 Å². The van der Waals surface area contributed by atoms with Gasteiger partial charge < -0.3 is 56.4 Å². The van der Waals surface area contributed by atoms with Gasteiger partial charge in [0.2, 0.25) is 11.1 Å². The monoisotopic (exact) mass is 1480 g/mol. The molecule has 5 amide bonds. The van der Waals surface area contributed by atoms with Crippen LogP contribution in [0.3, 0.4) is 0 Å². The second-order valence-electron chi connectivity index (χ2n) is 25.3. The van der Waals surface area contributed by atoms with Gasteiger partial charge in [0, 0.05) is 79.2 Å². The molecule has 0 aliphatic carbocycles. The van der Waals surface area contributed by atoms with Gasteiger partial charge in [-0.05, 0) is 205 Å². The first-order valence-electron chi connectivity index (χ1n) is 33.9. The average Bonchev–Trinajstić information content (AvgIpc) is 0.811. The first kappa shape index (κ1) is 80.5. The van der Waals surface area contributed by atoms with Crippen LogP contribution >= 0.6 is 11.6 Å². The molecule has 12 rings (SSSR count). The van der Waals surface area contributed by atoms with Crippen molar-refractivity contribution in [3.05, 3.63) is 242 Å². The lowest BCUT2D eigenvalue weighted by Crippen LogP contribution is -2.41. The van der Waals surface area contributed by atoms with Crippen LogP contribution in [0.15, 0.2) is 208 Å². The number of likely N-dealkylation sites (tertiary alicyclic amines) is 2. The molecule has 0 spiro atoms. The SMILES string of the molecule is C=CC(=O)Cl.C=CC(=O)N1CCC(c2ncc(C(N)=O)c(-c3ccc(Oc4ccccc4)cc3)n2)CC1.CC(C)(C)OC(=O)N1CCC(c2ncc(C(N)=O)c(-c3ccc(Oc4ccccc4)cc3)n2)CC1.NC(=O)c1cnc(C2CCNCC2)nc1-c1ccc(Oc2ccccc2)cc1.O=C(O)C(F)(F)F. The summed E-state index contributed by atoms with van der Waals surface area (Å²) in [6, 6.07) is 50.8. The fourth-order valence-corrected chi connectivity index (χ4v) is 11.1. The molecule has 6 heterocycles. The molecule has 28 heteroatoms. The molecule has 0 saturated carbocycles. The number of aromatic nitrogens is 6. The molecular weight excluding hydrogens is 1400 g/mol. The van der Waals surface area contributed by atoms with Crippen molar-refractivity contribution in [1.29, 1.82) is 0 Å². The van der Waals surface area contributed by atoms with Gasteiger partial charge in [-0.25, -0.2) is 39.5 Å². The van der Waals surface area contributed by atoms with E-state index in [1.807, 2.05) is 185 Å². The van der Waals surface area contributed by atoms with Crippen molar-refractivity contribution in [2.75, 3.05) is 39.3 Å². The number of hydrogen-bond acceptors (Lipinski definition) is 18. The summed E-state index contributed by atoms with van der Waals surface area (Å²) in [5, 5.41) is 9.96. The number of amides is 5. The predicted molar refractivity (Wildman–Crippen MR) is 396 cm³/mol. The average molecular weight is 1480 g/mol. The summed E-state index contributed by atoms with van der Waals surface area (Å²) in [5.41, 5.74) is 20.9. The summed E-state index contributed by atoms with van der Waals surface area (Å²) in [7, 11) is 0. The number of rotatable bonds is 17. The van der Waals surface area contributed by atoms with Crippen molar-refractivity contribution in [1.82, 2.24) is 45.0 Å². The lowest BCUT2D eigenvalue weighted by Gasteiger charge is -2.33. The highest BCUT2D eigenvalue weighted by Crippen LogP contribution is 2.35. The van der Waals surface area contributed by atoms with Crippen LogP contribution in [0.5, 0.6) is 34.5 Å². The molecule has 556 valence electrons. The molecule has 3 aliphatic heterocycles. The largest absolute Gasteiger partial charge is 0.490 e. The van der Waals surface area contributed by atoms with Gasteiger partial charge >= 0.3 is 18.2 Å². The van der Waals surface area contributed by atoms with Crippen LogP contribution in [-0.4, -0.2) is 137 Å². The van der Waals surface area contributed by atoms with E-state index in [2.05, 4.69) is 33.4 Å². The Hall–Kier alpha value is -12.2. The molecule has 3 saturated heterocycles. The number of carbonyl (C=O) groups excluding carboxylic acids is 6. The predicted octanol–water partition coefficient (Wildman–Crippen LogP) is 14.1. The Labute approximate surface area is 620 Å². The number of allylic oxidation sites excluding steroid dienone is 1. The Morgan fingerprint density at radius 2 is 0.757 bits per heavy atom. The van der Waals surface area contributed by atoms with E-state index in [0.717, 1.165) is 84.6 Å². The zero-order chi connectivity index (χ0) is 77.2. The van der Waals surface area contributed by atoms with Gasteiger partial charge in [-0.2, -0.15) is 13.2 Å². The zero-order valence-corrected chi connectivity index (χ0v) is 59.6. The minimum atomic E-state index is -5.08. The quantitative estimate of drug-likeness (QED) is 0.0417. The summed E-state index contributed by atoms with van der Waals surface area (Å²) in [4.78, 5) is 109. The Kier molecular flexibility index (Phi) is 29.0. The van der Waals surface area contributed by atoms with Crippen LogP contribution in [0, 0.1) is 0 Å². The third-order valence-corrected chi connectivity index (χ3v) is 16.7. The molecule has 0 bridgehead atoms. The Balaban J connectivity index is 0.000000188. The van der Waals surface area contributed by atoms with Crippen LogP contribution in [0.2, 0.25) is 0 Å². The van der Waals surface area contributed by atoms with Crippen molar-refractivity contribution in [2.24, 2.45) is 17.2 Å². The molecule has 6 aromatic carbocycles. The number of carboxylic acids is 1. The fraction of sp³-hybridized carbons (Fsp3) is 0.253. The first-order chi connectivity index (χ1) is 51.2. The van der Waals surface area contributed by atoms with Crippen LogP contribution in [0.1, 0.15) is 126 Å². The number of benzene rings is 6. The van der Waals surface area contributed by atoms with Crippen molar-refractivity contribution in [3.8, 4) is 68.3 Å².